The zero-order valence-corrected chi connectivity index (χ0v) is 13.0. The van der Waals surface area contributed by atoms with Crippen LogP contribution in [-0.2, 0) is 19.2 Å². The number of Topliss-reactive ketones (excluding diaryl/α,β-unsaturated/α-hetero) is 1. The van der Waals surface area contributed by atoms with E-state index in [0.29, 0.717) is 19.4 Å². The highest BCUT2D eigenvalue weighted by atomic mass is 16.2. The zero-order valence-electron chi connectivity index (χ0n) is 13.0. The van der Waals surface area contributed by atoms with Crippen molar-refractivity contribution in [2.24, 2.45) is 28.7 Å². The van der Waals surface area contributed by atoms with Gasteiger partial charge in [-0.1, -0.05) is 6.42 Å². The highest BCUT2D eigenvalue weighted by Gasteiger charge is 2.30. The molecule has 0 aromatic heterocycles. The van der Waals surface area contributed by atoms with Crippen molar-refractivity contribution in [3.05, 3.63) is 0 Å². The highest BCUT2D eigenvalue weighted by Crippen LogP contribution is 2.04. The minimum absolute atomic E-state index is 0.0869. The number of amides is 3. The predicted octanol–water partition coefficient (Wildman–Crippen LogP) is -3.43. The number of carbonyl (C=O) groups excluding carboxylic acids is 4. The van der Waals surface area contributed by atoms with Crippen molar-refractivity contribution < 1.29 is 19.2 Å². The molecule has 0 aliphatic rings. The molecule has 0 spiro atoms. The smallest absolute Gasteiger partial charge is 0.242 e. The molecule has 0 aromatic carbocycles. The standard InChI is InChI=1S/C13H26N6O4/c14-6-2-1-3-7(15)13(23)19-8(4-5-9(16)20)11(21)10(17)12(18)22/h7-8,10H,1-6,14-15,17H2,(H2,16,20)(H2,18,22)(H,19,23)/t7-,8-,10?/m0/s1. The molecule has 0 heterocycles. The maximum Gasteiger partial charge on any atom is 0.242 e. The van der Waals surface area contributed by atoms with Gasteiger partial charge in [-0.3, -0.25) is 19.2 Å². The lowest BCUT2D eigenvalue weighted by molar-refractivity contribution is -0.133. The van der Waals surface area contributed by atoms with E-state index in [-0.39, 0.29) is 12.8 Å². The number of ketones is 1. The first kappa shape index (κ1) is 21.0. The van der Waals surface area contributed by atoms with Crippen LogP contribution in [0.1, 0.15) is 32.1 Å². The second-order valence-electron chi connectivity index (χ2n) is 5.24. The number of nitrogens with one attached hydrogen (secondary N) is 1. The number of unbranched alkanes of at least 4 members (excludes halogenated alkanes) is 1. The van der Waals surface area contributed by atoms with Gasteiger partial charge in [0, 0.05) is 6.42 Å². The van der Waals surface area contributed by atoms with Crippen LogP contribution < -0.4 is 34.0 Å². The van der Waals surface area contributed by atoms with Crippen molar-refractivity contribution >= 4 is 23.5 Å². The van der Waals surface area contributed by atoms with Crippen LogP contribution in [0.2, 0.25) is 0 Å². The van der Waals surface area contributed by atoms with Crippen molar-refractivity contribution in [2.75, 3.05) is 6.54 Å². The third-order valence-electron chi connectivity index (χ3n) is 3.26. The van der Waals surface area contributed by atoms with Crippen LogP contribution in [0.15, 0.2) is 0 Å². The Morgan fingerprint density at radius 2 is 1.57 bits per heavy atom. The van der Waals surface area contributed by atoms with E-state index >= 15 is 0 Å². The number of rotatable bonds is 12. The van der Waals surface area contributed by atoms with Crippen molar-refractivity contribution in [1.29, 1.82) is 0 Å². The molecular weight excluding hydrogens is 304 g/mol. The van der Waals surface area contributed by atoms with E-state index in [4.69, 9.17) is 28.7 Å². The first-order valence-electron chi connectivity index (χ1n) is 7.33. The molecule has 1 unspecified atom stereocenters. The van der Waals surface area contributed by atoms with Crippen molar-refractivity contribution in [1.82, 2.24) is 5.32 Å². The summed E-state index contributed by atoms with van der Waals surface area (Å²) in [6, 6.07) is -3.57. The average molecular weight is 330 g/mol. The first-order valence-corrected chi connectivity index (χ1v) is 7.33. The van der Waals surface area contributed by atoms with Crippen LogP contribution in [0, 0.1) is 0 Å². The summed E-state index contributed by atoms with van der Waals surface area (Å²) >= 11 is 0. The Kier molecular flexibility index (Phi) is 9.70. The van der Waals surface area contributed by atoms with E-state index in [1.54, 1.807) is 0 Å². The summed E-state index contributed by atoms with van der Waals surface area (Å²) in [4.78, 5) is 45.9. The fourth-order valence-corrected chi connectivity index (χ4v) is 1.85. The molecule has 0 saturated heterocycles. The normalized spacial score (nSPS) is 14.6. The molecule has 3 amide bonds. The second-order valence-corrected chi connectivity index (χ2v) is 5.24. The largest absolute Gasteiger partial charge is 0.370 e. The number of carbonyl (C=O) groups is 4. The van der Waals surface area contributed by atoms with Gasteiger partial charge < -0.3 is 34.0 Å². The molecule has 0 fully saturated rings. The Bertz CT molecular complexity index is 442. The van der Waals surface area contributed by atoms with Gasteiger partial charge in [-0.05, 0) is 25.8 Å². The van der Waals surface area contributed by atoms with Crippen LogP contribution in [0.3, 0.4) is 0 Å². The van der Waals surface area contributed by atoms with Crippen molar-refractivity contribution in [3.8, 4) is 0 Å². The van der Waals surface area contributed by atoms with E-state index in [1.807, 2.05) is 0 Å². The molecule has 0 aromatic rings. The van der Waals surface area contributed by atoms with Gasteiger partial charge in [0.05, 0.1) is 12.1 Å². The lowest BCUT2D eigenvalue weighted by atomic mass is 9.99. The van der Waals surface area contributed by atoms with Gasteiger partial charge in [-0.2, -0.15) is 0 Å². The molecule has 0 aliphatic heterocycles. The summed E-state index contributed by atoms with van der Waals surface area (Å²) < 4.78 is 0. The third-order valence-corrected chi connectivity index (χ3v) is 3.26. The van der Waals surface area contributed by atoms with Gasteiger partial charge in [0.2, 0.25) is 17.7 Å². The van der Waals surface area contributed by atoms with Gasteiger partial charge in [0.1, 0.15) is 6.04 Å². The van der Waals surface area contributed by atoms with Gasteiger partial charge in [0.25, 0.3) is 0 Å². The fourth-order valence-electron chi connectivity index (χ4n) is 1.85. The maximum atomic E-state index is 12.1. The van der Waals surface area contributed by atoms with Crippen LogP contribution in [0.4, 0.5) is 0 Å². The predicted molar refractivity (Wildman–Crippen MR) is 83.4 cm³/mol. The molecule has 11 N–H and O–H groups in total. The van der Waals surface area contributed by atoms with Crippen molar-refractivity contribution in [2.45, 2.75) is 50.2 Å². The van der Waals surface area contributed by atoms with E-state index in [2.05, 4.69) is 5.32 Å². The SMILES string of the molecule is NCCCC[C@H](N)C(=O)N[C@@H](CCC(N)=O)C(=O)C(N)C(N)=O. The molecule has 0 bridgehead atoms. The van der Waals surface area contributed by atoms with E-state index < -0.39 is 41.6 Å². The summed E-state index contributed by atoms with van der Waals surface area (Å²) in [6.07, 6.45) is 1.52. The molecule has 0 saturated carbocycles. The number of primary amides is 2. The van der Waals surface area contributed by atoms with E-state index in [1.165, 1.54) is 0 Å². The molecule has 10 heteroatoms. The first-order chi connectivity index (χ1) is 10.7. The minimum Gasteiger partial charge on any atom is -0.370 e. The molecule has 132 valence electrons. The summed E-state index contributed by atoms with van der Waals surface area (Å²) in [5.74, 6) is -3.06. The van der Waals surface area contributed by atoms with E-state index in [9.17, 15) is 19.2 Å². The Labute approximate surface area is 134 Å². The van der Waals surface area contributed by atoms with Crippen molar-refractivity contribution in [3.63, 3.8) is 0 Å². The Balaban J connectivity index is 4.79. The van der Waals surface area contributed by atoms with Crippen LogP contribution in [0.5, 0.6) is 0 Å². The topological polar surface area (TPSA) is 210 Å². The monoisotopic (exact) mass is 330 g/mol. The van der Waals surface area contributed by atoms with Gasteiger partial charge in [0.15, 0.2) is 5.78 Å². The maximum absolute atomic E-state index is 12.1. The van der Waals surface area contributed by atoms with Gasteiger partial charge in [-0.25, -0.2) is 0 Å². The minimum atomic E-state index is -1.58. The van der Waals surface area contributed by atoms with Crippen LogP contribution in [0.25, 0.3) is 0 Å². The molecule has 23 heavy (non-hydrogen) atoms. The number of nitrogens with two attached hydrogens (primary N) is 5. The highest BCUT2D eigenvalue weighted by molar-refractivity contribution is 6.08. The number of hydrogen-bond acceptors (Lipinski definition) is 7. The summed E-state index contributed by atoms with van der Waals surface area (Å²) in [5.41, 5.74) is 26.5. The van der Waals surface area contributed by atoms with Crippen LogP contribution >= 0.6 is 0 Å². The Morgan fingerprint density at radius 1 is 0.957 bits per heavy atom. The molecular formula is C13H26N6O4. The number of hydrogen-bond donors (Lipinski definition) is 6. The second kappa shape index (κ2) is 10.6. The Morgan fingerprint density at radius 3 is 2.04 bits per heavy atom. The summed E-state index contributed by atoms with van der Waals surface area (Å²) in [5, 5.41) is 2.39. The fraction of sp³-hybridized carbons (Fsp3) is 0.692. The lowest BCUT2D eigenvalue weighted by Gasteiger charge is -2.21. The average Bonchev–Trinajstić information content (AvgIpc) is 2.49. The molecule has 0 radical (unpaired) electrons. The van der Waals surface area contributed by atoms with E-state index in [0.717, 1.165) is 6.42 Å². The molecule has 0 rings (SSSR count). The third kappa shape index (κ3) is 8.24. The molecule has 0 aliphatic carbocycles. The quantitative estimate of drug-likeness (QED) is 0.157. The molecule has 3 atom stereocenters. The molecule has 10 nitrogen and oxygen atoms in total. The lowest BCUT2D eigenvalue weighted by Crippen LogP contribution is -2.55. The van der Waals surface area contributed by atoms with Crippen LogP contribution in [-0.4, -0.2) is 48.2 Å². The summed E-state index contributed by atoms with van der Waals surface area (Å²) in [6.45, 7) is 0.488. The summed E-state index contributed by atoms with van der Waals surface area (Å²) in [7, 11) is 0. The van der Waals surface area contributed by atoms with Gasteiger partial charge in [-0.15, -0.1) is 0 Å². The van der Waals surface area contributed by atoms with Gasteiger partial charge >= 0.3 is 0 Å². The zero-order chi connectivity index (χ0) is 18.0. The Hall–Kier alpha value is -2.04.